The number of halogens is 4. The molecule has 0 spiro atoms. The SMILES string of the molecule is CCc1c(-c2ccc(Cl)cc2)c(OC(=O)N(C)CC(C)(C)C)n(Cc2ccccc2)c1C(F)(F)F. The van der Waals surface area contributed by atoms with E-state index < -0.39 is 18.0 Å². The van der Waals surface area contributed by atoms with Crippen LogP contribution in [0, 0.1) is 5.41 Å². The molecule has 1 heterocycles. The number of alkyl halides is 3. The van der Waals surface area contributed by atoms with Crippen LogP contribution >= 0.6 is 11.6 Å². The Morgan fingerprint density at radius 3 is 2.14 bits per heavy atom. The van der Waals surface area contributed by atoms with Crippen LogP contribution in [0.25, 0.3) is 11.1 Å². The minimum atomic E-state index is -4.66. The topological polar surface area (TPSA) is 34.5 Å². The van der Waals surface area contributed by atoms with E-state index >= 15 is 0 Å². The molecular formula is C27H30ClF3N2O2. The van der Waals surface area contributed by atoms with E-state index in [-0.39, 0.29) is 35.4 Å². The monoisotopic (exact) mass is 506 g/mol. The first kappa shape index (κ1) is 26.7. The van der Waals surface area contributed by atoms with Crippen LogP contribution in [0.2, 0.25) is 5.02 Å². The average molecular weight is 507 g/mol. The Kier molecular flexibility index (Phi) is 7.90. The van der Waals surface area contributed by atoms with E-state index in [0.29, 0.717) is 22.7 Å². The highest BCUT2D eigenvalue weighted by Gasteiger charge is 2.42. The van der Waals surface area contributed by atoms with Crippen LogP contribution in [0.15, 0.2) is 54.6 Å². The van der Waals surface area contributed by atoms with Crippen molar-refractivity contribution in [2.24, 2.45) is 5.41 Å². The van der Waals surface area contributed by atoms with Gasteiger partial charge in [0.15, 0.2) is 0 Å². The molecule has 3 aromatic rings. The highest BCUT2D eigenvalue weighted by molar-refractivity contribution is 6.30. The van der Waals surface area contributed by atoms with Gasteiger partial charge < -0.3 is 14.2 Å². The van der Waals surface area contributed by atoms with Gasteiger partial charge in [-0.15, -0.1) is 0 Å². The van der Waals surface area contributed by atoms with Crippen LogP contribution in [0.3, 0.4) is 0 Å². The van der Waals surface area contributed by atoms with E-state index in [9.17, 15) is 18.0 Å². The fraction of sp³-hybridized carbons (Fsp3) is 0.370. The Morgan fingerprint density at radius 1 is 1.03 bits per heavy atom. The fourth-order valence-corrected chi connectivity index (χ4v) is 4.32. The first-order chi connectivity index (χ1) is 16.3. The summed E-state index contributed by atoms with van der Waals surface area (Å²) in [5.41, 5.74) is 0.408. The summed E-state index contributed by atoms with van der Waals surface area (Å²) in [6.07, 6.45) is -5.29. The number of carbonyl (C=O) groups is 1. The summed E-state index contributed by atoms with van der Waals surface area (Å²) in [7, 11) is 1.57. The molecule has 0 aliphatic carbocycles. The van der Waals surface area contributed by atoms with E-state index in [1.54, 1.807) is 68.6 Å². The lowest BCUT2D eigenvalue weighted by Crippen LogP contribution is -2.36. The van der Waals surface area contributed by atoms with E-state index in [1.807, 2.05) is 20.8 Å². The number of amides is 1. The van der Waals surface area contributed by atoms with Gasteiger partial charge in [-0.05, 0) is 40.7 Å². The normalized spacial score (nSPS) is 12.0. The molecule has 8 heteroatoms. The number of nitrogens with zero attached hydrogens (tertiary/aromatic N) is 2. The number of hydrogen-bond donors (Lipinski definition) is 0. The maximum Gasteiger partial charge on any atom is 0.431 e. The molecule has 0 aliphatic rings. The zero-order valence-electron chi connectivity index (χ0n) is 20.5. The molecule has 35 heavy (non-hydrogen) atoms. The standard InChI is InChI=1S/C27H30ClF3N2O2/c1-6-21-22(19-12-14-20(28)15-13-19)24(35-25(34)32(5)17-26(2,3)4)33(23(21)27(29,30)31)16-18-10-8-7-9-11-18/h7-15H,6,16-17H2,1-5H3. The number of carbonyl (C=O) groups excluding carboxylic acids is 1. The summed E-state index contributed by atoms with van der Waals surface area (Å²) < 4.78 is 50.3. The summed E-state index contributed by atoms with van der Waals surface area (Å²) in [4.78, 5) is 14.5. The van der Waals surface area contributed by atoms with Gasteiger partial charge in [0.2, 0.25) is 5.88 Å². The van der Waals surface area contributed by atoms with Crippen molar-refractivity contribution in [1.82, 2.24) is 9.47 Å². The van der Waals surface area contributed by atoms with Gasteiger partial charge in [0.25, 0.3) is 0 Å². The molecule has 2 aromatic carbocycles. The van der Waals surface area contributed by atoms with Gasteiger partial charge in [0, 0.05) is 24.2 Å². The summed E-state index contributed by atoms with van der Waals surface area (Å²) in [5.74, 6) is -0.133. The molecule has 3 rings (SSSR count). The van der Waals surface area contributed by atoms with Crippen molar-refractivity contribution in [3.05, 3.63) is 76.4 Å². The van der Waals surface area contributed by atoms with Crippen LogP contribution in [-0.2, 0) is 19.1 Å². The predicted molar refractivity (Wildman–Crippen MR) is 133 cm³/mol. The van der Waals surface area contributed by atoms with Crippen LogP contribution in [0.5, 0.6) is 5.88 Å². The van der Waals surface area contributed by atoms with Crippen molar-refractivity contribution in [2.75, 3.05) is 13.6 Å². The van der Waals surface area contributed by atoms with Crippen molar-refractivity contribution < 1.29 is 22.7 Å². The molecule has 0 unspecified atom stereocenters. The molecule has 0 atom stereocenters. The molecular weight excluding hydrogens is 477 g/mol. The van der Waals surface area contributed by atoms with Gasteiger partial charge >= 0.3 is 12.3 Å². The molecule has 0 fully saturated rings. The first-order valence-electron chi connectivity index (χ1n) is 11.4. The number of ether oxygens (including phenoxy) is 1. The van der Waals surface area contributed by atoms with Gasteiger partial charge in [-0.2, -0.15) is 13.2 Å². The second kappa shape index (κ2) is 10.4. The third-order valence-corrected chi connectivity index (χ3v) is 5.71. The van der Waals surface area contributed by atoms with Gasteiger partial charge in [-0.3, -0.25) is 0 Å². The van der Waals surface area contributed by atoms with Crippen molar-refractivity contribution in [1.29, 1.82) is 0 Å². The lowest BCUT2D eigenvalue weighted by Gasteiger charge is -2.26. The van der Waals surface area contributed by atoms with E-state index in [1.165, 1.54) is 4.90 Å². The maximum atomic E-state index is 14.5. The largest absolute Gasteiger partial charge is 0.431 e. The smallest absolute Gasteiger partial charge is 0.392 e. The Bertz CT molecular complexity index is 1160. The van der Waals surface area contributed by atoms with Gasteiger partial charge in [-0.1, -0.05) is 81.8 Å². The maximum absolute atomic E-state index is 14.5. The van der Waals surface area contributed by atoms with Crippen LogP contribution in [0.4, 0.5) is 18.0 Å². The van der Waals surface area contributed by atoms with Crippen LogP contribution in [-0.4, -0.2) is 29.2 Å². The minimum absolute atomic E-state index is 0.0667. The Balaban J connectivity index is 2.26. The zero-order chi connectivity index (χ0) is 26.0. The molecule has 0 aliphatic heterocycles. The molecule has 0 radical (unpaired) electrons. The average Bonchev–Trinajstić information content (AvgIpc) is 3.07. The molecule has 0 bridgehead atoms. The van der Waals surface area contributed by atoms with Gasteiger partial charge in [0.05, 0.1) is 6.54 Å². The number of benzene rings is 2. The quantitative estimate of drug-likeness (QED) is 0.340. The van der Waals surface area contributed by atoms with Crippen molar-refractivity contribution in [3.8, 4) is 17.0 Å². The molecule has 1 aromatic heterocycles. The molecule has 188 valence electrons. The van der Waals surface area contributed by atoms with Crippen molar-refractivity contribution >= 4 is 17.7 Å². The third kappa shape index (κ3) is 6.40. The fourth-order valence-electron chi connectivity index (χ4n) is 4.19. The molecule has 0 N–H and O–H groups in total. The Morgan fingerprint density at radius 2 is 1.63 bits per heavy atom. The lowest BCUT2D eigenvalue weighted by atomic mass is 9.96. The van der Waals surface area contributed by atoms with Gasteiger partial charge in [-0.25, -0.2) is 4.79 Å². The van der Waals surface area contributed by atoms with Crippen molar-refractivity contribution in [2.45, 2.75) is 46.8 Å². The Hall–Kier alpha value is -2.93. The van der Waals surface area contributed by atoms with Crippen molar-refractivity contribution in [3.63, 3.8) is 0 Å². The highest BCUT2D eigenvalue weighted by atomic mass is 35.5. The summed E-state index contributed by atoms with van der Waals surface area (Å²) in [6.45, 7) is 7.81. The van der Waals surface area contributed by atoms with Crippen LogP contribution < -0.4 is 4.74 Å². The number of aromatic nitrogens is 1. The molecule has 4 nitrogen and oxygen atoms in total. The second-order valence-corrected chi connectivity index (χ2v) is 10.2. The van der Waals surface area contributed by atoms with Crippen LogP contribution in [0.1, 0.15) is 44.5 Å². The summed E-state index contributed by atoms with van der Waals surface area (Å²) in [5, 5.41) is 0.454. The summed E-state index contributed by atoms with van der Waals surface area (Å²) in [6, 6.07) is 15.3. The van der Waals surface area contributed by atoms with E-state index in [2.05, 4.69) is 0 Å². The molecule has 0 saturated carbocycles. The molecule has 0 saturated heterocycles. The van der Waals surface area contributed by atoms with Gasteiger partial charge in [0.1, 0.15) is 5.69 Å². The summed E-state index contributed by atoms with van der Waals surface area (Å²) >= 11 is 6.04. The predicted octanol–water partition coefficient (Wildman–Crippen LogP) is 7.91. The Labute approximate surface area is 209 Å². The second-order valence-electron chi connectivity index (χ2n) is 9.72. The third-order valence-electron chi connectivity index (χ3n) is 5.46. The number of rotatable bonds is 6. The zero-order valence-corrected chi connectivity index (χ0v) is 21.3. The highest BCUT2D eigenvalue weighted by Crippen LogP contribution is 2.46. The van der Waals surface area contributed by atoms with E-state index in [0.717, 1.165) is 4.57 Å². The molecule has 1 amide bonds. The first-order valence-corrected chi connectivity index (χ1v) is 11.7. The minimum Gasteiger partial charge on any atom is -0.392 e. The van der Waals surface area contributed by atoms with E-state index in [4.69, 9.17) is 16.3 Å². The number of hydrogen-bond acceptors (Lipinski definition) is 2. The lowest BCUT2D eigenvalue weighted by molar-refractivity contribution is -0.144.